The Hall–Kier alpha value is -2.68. The molecule has 27 heavy (non-hydrogen) atoms. The molecule has 1 aromatic carbocycles. The van der Waals surface area contributed by atoms with Gasteiger partial charge >= 0.3 is 6.03 Å². The van der Waals surface area contributed by atoms with E-state index in [1.54, 1.807) is 17.0 Å². The maximum atomic E-state index is 12.2. The first-order chi connectivity index (χ1) is 13.0. The number of piperidine rings is 1. The van der Waals surface area contributed by atoms with Crippen molar-refractivity contribution >= 4 is 17.6 Å². The second kappa shape index (κ2) is 10.5. The van der Waals surface area contributed by atoms with Crippen LogP contribution in [0, 0.1) is 16.0 Å². The van der Waals surface area contributed by atoms with Crippen LogP contribution >= 0.6 is 0 Å². The van der Waals surface area contributed by atoms with Crippen molar-refractivity contribution in [1.82, 2.24) is 20.9 Å². The summed E-state index contributed by atoms with van der Waals surface area (Å²) in [4.78, 5) is 36.0. The van der Waals surface area contributed by atoms with E-state index in [1.165, 1.54) is 12.1 Å². The van der Waals surface area contributed by atoms with Crippen molar-refractivity contribution < 1.29 is 14.5 Å². The van der Waals surface area contributed by atoms with E-state index in [2.05, 4.69) is 16.0 Å². The first-order valence-corrected chi connectivity index (χ1v) is 9.17. The van der Waals surface area contributed by atoms with Crippen LogP contribution in [-0.2, 0) is 11.3 Å². The zero-order chi connectivity index (χ0) is 19.6. The zero-order valence-corrected chi connectivity index (χ0v) is 15.6. The molecule has 3 N–H and O–H groups in total. The van der Waals surface area contributed by atoms with Gasteiger partial charge in [0.1, 0.15) is 0 Å². The Labute approximate surface area is 158 Å². The molecule has 1 saturated heterocycles. The van der Waals surface area contributed by atoms with Crippen LogP contribution in [-0.4, -0.2) is 55.0 Å². The zero-order valence-electron chi connectivity index (χ0n) is 15.6. The highest BCUT2D eigenvalue weighted by molar-refractivity contribution is 5.84. The minimum atomic E-state index is -0.473. The summed E-state index contributed by atoms with van der Waals surface area (Å²) in [5.74, 6) is 0.576. The van der Waals surface area contributed by atoms with Crippen LogP contribution in [0.2, 0.25) is 0 Å². The number of hydrogen-bond acceptors (Lipinski definition) is 5. The smallest absolute Gasteiger partial charge is 0.315 e. The second-order valence-electron chi connectivity index (χ2n) is 6.68. The third-order valence-corrected chi connectivity index (χ3v) is 4.77. The lowest BCUT2D eigenvalue weighted by atomic mass is 9.93. The third kappa shape index (κ3) is 6.86. The maximum Gasteiger partial charge on any atom is 0.315 e. The Morgan fingerprint density at radius 3 is 2.44 bits per heavy atom. The third-order valence-electron chi connectivity index (χ3n) is 4.77. The summed E-state index contributed by atoms with van der Waals surface area (Å²) < 4.78 is 0. The summed E-state index contributed by atoms with van der Waals surface area (Å²) in [6, 6.07) is 5.51. The molecule has 0 aliphatic carbocycles. The van der Waals surface area contributed by atoms with Gasteiger partial charge in [-0.25, -0.2) is 4.79 Å². The summed E-state index contributed by atoms with van der Waals surface area (Å²) in [6.07, 6.45) is 3.13. The van der Waals surface area contributed by atoms with Crippen molar-refractivity contribution in [3.63, 3.8) is 0 Å². The summed E-state index contributed by atoms with van der Waals surface area (Å²) >= 11 is 0. The lowest BCUT2D eigenvalue weighted by molar-refractivity contribution is -0.384. The molecule has 2 rings (SSSR count). The quantitative estimate of drug-likeness (QED) is 0.465. The molecule has 0 unspecified atom stereocenters. The molecule has 1 heterocycles. The van der Waals surface area contributed by atoms with Gasteiger partial charge in [-0.3, -0.25) is 14.9 Å². The molecule has 0 bridgehead atoms. The molecule has 1 fully saturated rings. The average molecular weight is 377 g/mol. The summed E-state index contributed by atoms with van der Waals surface area (Å²) in [5.41, 5.74) is 0.745. The van der Waals surface area contributed by atoms with Crippen LogP contribution in [0.4, 0.5) is 10.5 Å². The van der Waals surface area contributed by atoms with E-state index in [4.69, 9.17) is 0 Å². The minimum Gasteiger partial charge on any atom is -0.341 e. The molecular formula is C18H27N5O4. The number of carbonyl (C=O) groups is 2. The molecule has 0 atom stereocenters. The second-order valence-corrected chi connectivity index (χ2v) is 6.68. The highest BCUT2D eigenvalue weighted by atomic mass is 16.6. The topological polar surface area (TPSA) is 117 Å². The van der Waals surface area contributed by atoms with Crippen LogP contribution in [0.1, 0.15) is 24.8 Å². The highest BCUT2D eigenvalue weighted by Crippen LogP contribution is 2.19. The van der Waals surface area contributed by atoms with Gasteiger partial charge in [0.15, 0.2) is 0 Å². The van der Waals surface area contributed by atoms with E-state index in [0.717, 1.165) is 44.5 Å². The molecule has 0 saturated carbocycles. The van der Waals surface area contributed by atoms with Crippen LogP contribution < -0.4 is 16.0 Å². The Morgan fingerprint density at radius 1 is 1.19 bits per heavy atom. The van der Waals surface area contributed by atoms with Crippen LogP contribution in [0.3, 0.4) is 0 Å². The van der Waals surface area contributed by atoms with Gasteiger partial charge in [-0.05, 0) is 44.3 Å². The first-order valence-electron chi connectivity index (χ1n) is 9.17. The Balaban J connectivity index is 1.65. The maximum absolute atomic E-state index is 12.2. The monoisotopic (exact) mass is 377 g/mol. The van der Waals surface area contributed by atoms with Crippen molar-refractivity contribution in [2.75, 3.05) is 33.2 Å². The molecule has 9 heteroatoms. The first kappa shape index (κ1) is 20.6. The molecule has 1 aromatic rings. The summed E-state index contributed by atoms with van der Waals surface area (Å²) in [5, 5.41) is 19.0. The number of urea groups is 1. The number of likely N-dealkylation sites (tertiary alicyclic amines) is 1. The fourth-order valence-corrected chi connectivity index (χ4v) is 3.07. The van der Waals surface area contributed by atoms with Crippen molar-refractivity contribution in [3.05, 3.63) is 39.9 Å². The van der Waals surface area contributed by atoms with Crippen molar-refractivity contribution in [2.45, 2.75) is 25.8 Å². The predicted molar refractivity (Wildman–Crippen MR) is 101 cm³/mol. The average Bonchev–Trinajstić information content (AvgIpc) is 2.69. The lowest BCUT2D eigenvalue weighted by Gasteiger charge is -2.32. The van der Waals surface area contributed by atoms with E-state index in [0.29, 0.717) is 5.92 Å². The van der Waals surface area contributed by atoms with Gasteiger partial charge in [-0.1, -0.05) is 12.1 Å². The normalized spacial score (nSPS) is 14.6. The molecule has 1 aliphatic rings. The fraction of sp³-hybridized carbons (Fsp3) is 0.556. The highest BCUT2D eigenvalue weighted by Gasteiger charge is 2.22. The lowest BCUT2D eigenvalue weighted by Crippen LogP contribution is -2.46. The number of rotatable bonds is 8. The molecule has 3 amide bonds. The Bertz CT molecular complexity index is 642. The molecule has 148 valence electrons. The van der Waals surface area contributed by atoms with Gasteiger partial charge < -0.3 is 20.9 Å². The molecule has 9 nitrogen and oxygen atoms in total. The van der Waals surface area contributed by atoms with E-state index in [9.17, 15) is 19.7 Å². The van der Waals surface area contributed by atoms with Gasteiger partial charge in [-0.2, -0.15) is 0 Å². The predicted octanol–water partition coefficient (Wildman–Crippen LogP) is 1.24. The van der Waals surface area contributed by atoms with Gasteiger partial charge in [0.05, 0.1) is 11.5 Å². The van der Waals surface area contributed by atoms with Gasteiger partial charge in [0, 0.05) is 31.8 Å². The van der Waals surface area contributed by atoms with Crippen LogP contribution in [0.25, 0.3) is 0 Å². The molecule has 0 aromatic heterocycles. The van der Waals surface area contributed by atoms with Crippen molar-refractivity contribution in [1.29, 1.82) is 0 Å². The SMILES string of the molecule is CNCCC1CCN(C(=O)CNC(=O)NCc2ccc([N+](=O)[O-])cc2)CC1. The van der Waals surface area contributed by atoms with E-state index >= 15 is 0 Å². The van der Waals surface area contributed by atoms with Gasteiger partial charge in [0.25, 0.3) is 5.69 Å². The number of hydrogen-bond donors (Lipinski definition) is 3. The molecular weight excluding hydrogens is 350 g/mol. The Morgan fingerprint density at radius 2 is 1.85 bits per heavy atom. The van der Waals surface area contributed by atoms with Crippen molar-refractivity contribution in [3.8, 4) is 0 Å². The van der Waals surface area contributed by atoms with Crippen LogP contribution in [0.5, 0.6) is 0 Å². The number of non-ortho nitro benzene ring substituents is 1. The van der Waals surface area contributed by atoms with Gasteiger partial charge in [-0.15, -0.1) is 0 Å². The number of nitro benzene ring substituents is 1. The minimum absolute atomic E-state index is 0.00326. The van der Waals surface area contributed by atoms with Gasteiger partial charge in [0.2, 0.25) is 5.91 Å². The molecule has 0 radical (unpaired) electrons. The van der Waals surface area contributed by atoms with E-state index in [1.807, 2.05) is 7.05 Å². The van der Waals surface area contributed by atoms with E-state index < -0.39 is 11.0 Å². The number of nitrogens with one attached hydrogen (secondary N) is 3. The Kier molecular flexibility index (Phi) is 8.00. The standard InChI is InChI=1S/C18H27N5O4/c1-19-9-6-14-7-10-22(11-8-14)17(24)13-21-18(25)20-12-15-2-4-16(5-3-15)23(26)27/h2-5,14,19H,6-13H2,1H3,(H2,20,21,25). The molecule has 1 aliphatic heterocycles. The number of amides is 3. The fourth-order valence-electron chi connectivity index (χ4n) is 3.07. The largest absolute Gasteiger partial charge is 0.341 e. The number of benzene rings is 1. The summed E-state index contributed by atoms with van der Waals surface area (Å²) in [7, 11) is 1.94. The number of nitro groups is 1. The van der Waals surface area contributed by atoms with Crippen LogP contribution in [0.15, 0.2) is 24.3 Å². The number of carbonyl (C=O) groups excluding carboxylic acids is 2. The number of nitrogens with zero attached hydrogens (tertiary/aromatic N) is 2. The molecule has 0 spiro atoms. The van der Waals surface area contributed by atoms with Crippen molar-refractivity contribution in [2.24, 2.45) is 5.92 Å². The summed E-state index contributed by atoms with van der Waals surface area (Å²) in [6.45, 7) is 2.66. The van der Waals surface area contributed by atoms with E-state index in [-0.39, 0.29) is 24.7 Å².